The van der Waals surface area contributed by atoms with Gasteiger partial charge in [-0.15, -0.1) is 0 Å². The van der Waals surface area contributed by atoms with Gasteiger partial charge < -0.3 is 10.0 Å². The first-order chi connectivity index (χ1) is 18.2. The Morgan fingerprint density at radius 2 is 1.79 bits per heavy atom. The number of hydrogen-bond acceptors (Lipinski definition) is 6. The van der Waals surface area contributed by atoms with Crippen LogP contribution in [0.3, 0.4) is 0 Å². The molecule has 0 atom stereocenters. The van der Waals surface area contributed by atoms with Crippen molar-refractivity contribution in [3.05, 3.63) is 101 Å². The van der Waals surface area contributed by atoms with Crippen molar-refractivity contribution in [2.75, 3.05) is 17.8 Å². The summed E-state index contributed by atoms with van der Waals surface area (Å²) in [4.78, 5) is 19.0. The smallest absolute Gasteiger partial charge is 0.264 e. The molecule has 1 fully saturated rings. The summed E-state index contributed by atoms with van der Waals surface area (Å²) < 4.78 is 28.8. The zero-order valence-corrected chi connectivity index (χ0v) is 21.7. The fraction of sp³-hybridized carbons (Fsp3) is 0.179. The fourth-order valence-electron chi connectivity index (χ4n) is 4.72. The van der Waals surface area contributed by atoms with E-state index < -0.39 is 15.6 Å². The molecule has 0 unspecified atom stereocenters. The molecule has 192 valence electrons. The standard InChI is InChI=1S/C28H23ClN4O4S/c29-23-8-2-1-7-22(23)28(35)12-15-33(16-13-28)27(34)20-10-11-24(21(17-20)18-30)32-38(36,37)25-9-3-5-19-6-4-14-31-26(19)25/h1-11,14,17,32,35H,12-13,15-16H2. The van der Waals surface area contributed by atoms with E-state index in [0.717, 1.165) is 0 Å². The van der Waals surface area contributed by atoms with Crippen molar-refractivity contribution < 1.29 is 18.3 Å². The first-order valence-electron chi connectivity index (χ1n) is 11.9. The number of para-hydroxylation sites is 1. The van der Waals surface area contributed by atoms with E-state index in [1.165, 1.54) is 30.5 Å². The summed E-state index contributed by atoms with van der Waals surface area (Å²) in [6, 6.07) is 21.7. The van der Waals surface area contributed by atoms with Crippen LogP contribution in [0.2, 0.25) is 5.02 Å². The minimum atomic E-state index is -4.07. The van der Waals surface area contributed by atoms with Gasteiger partial charge >= 0.3 is 0 Å². The lowest BCUT2D eigenvalue weighted by Gasteiger charge is -2.39. The van der Waals surface area contributed by atoms with Gasteiger partial charge in [0.1, 0.15) is 11.0 Å². The maximum atomic E-state index is 13.2. The van der Waals surface area contributed by atoms with Gasteiger partial charge in [0.15, 0.2) is 0 Å². The lowest BCUT2D eigenvalue weighted by atomic mass is 9.84. The molecule has 1 saturated heterocycles. The number of pyridine rings is 1. The summed E-state index contributed by atoms with van der Waals surface area (Å²) in [6.45, 7) is 0.593. The predicted octanol–water partition coefficient (Wildman–Crippen LogP) is 4.68. The highest BCUT2D eigenvalue weighted by atomic mass is 35.5. The van der Waals surface area contributed by atoms with Gasteiger partial charge in [-0.1, -0.05) is 48.0 Å². The number of nitrogens with zero attached hydrogens (tertiary/aromatic N) is 3. The van der Waals surface area contributed by atoms with Gasteiger partial charge in [0.2, 0.25) is 0 Å². The van der Waals surface area contributed by atoms with Crippen LogP contribution in [-0.2, 0) is 15.6 Å². The Morgan fingerprint density at radius 1 is 1.05 bits per heavy atom. The Labute approximate surface area is 225 Å². The molecule has 0 saturated carbocycles. The number of sulfonamides is 1. The third-order valence-corrected chi connectivity index (χ3v) is 8.50. The van der Waals surface area contributed by atoms with E-state index in [4.69, 9.17) is 11.6 Å². The maximum absolute atomic E-state index is 13.2. The van der Waals surface area contributed by atoms with Crippen LogP contribution in [-0.4, -0.2) is 42.4 Å². The second-order valence-corrected chi connectivity index (χ2v) is 11.2. The second kappa shape index (κ2) is 10.1. The number of likely N-dealkylation sites (tertiary alicyclic amines) is 1. The summed E-state index contributed by atoms with van der Waals surface area (Å²) in [7, 11) is -4.07. The van der Waals surface area contributed by atoms with Crippen molar-refractivity contribution in [2.24, 2.45) is 0 Å². The molecule has 1 amide bonds. The summed E-state index contributed by atoms with van der Waals surface area (Å²) in [5.41, 5.74) is 0.139. The minimum Gasteiger partial charge on any atom is -0.385 e. The van der Waals surface area contributed by atoms with Crippen LogP contribution in [0.25, 0.3) is 10.9 Å². The van der Waals surface area contributed by atoms with Crippen LogP contribution in [0.5, 0.6) is 0 Å². The highest BCUT2D eigenvalue weighted by Gasteiger charge is 2.37. The average Bonchev–Trinajstić information content (AvgIpc) is 2.93. The highest BCUT2D eigenvalue weighted by Crippen LogP contribution is 2.37. The quantitative estimate of drug-likeness (QED) is 0.374. The monoisotopic (exact) mass is 546 g/mol. The third-order valence-electron chi connectivity index (χ3n) is 6.77. The van der Waals surface area contributed by atoms with E-state index >= 15 is 0 Å². The van der Waals surface area contributed by atoms with Gasteiger partial charge in [-0.05, 0) is 49.2 Å². The van der Waals surface area contributed by atoms with Gasteiger partial charge in [0, 0.05) is 40.8 Å². The number of anilines is 1. The molecule has 0 bridgehead atoms. The number of fused-ring (bicyclic) bond motifs is 1. The number of aliphatic hydroxyl groups is 1. The van der Waals surface area contributed by atoms with Gasteiger partial charge in [-0.3, -0.25) is 14.5 Å². The summed E-state index contributed by atoms with van der Waals surface area (Å²) in [5, 5.41) is 22.0. The first kappa shape index (κ1) is 25.7. The molecule has 3 aromatic carbocycles. The molecule has 10 heteroatoms. The first-order valence-corrected chi connectivity index (χ1v) is 13.8. The molecule has 2 heterocycles. The van der Waals surface area contributed by atoms with Gasteiger partial charge in [0.05, 0.1) is 22.4 Å². The Bertz CT molecular complexity index is 1690. The molecule has 1 aliphatic heterocycles. The Balaban J connectivity index is 1.35. The van der Waals surface area contributed by atoms with Crippen molar-refractivity contribution in [1.82, 2.24) is 9.88 Å². The normalized spacial score (nSPS) is 15.1. The molecular formula is C28H23ClN4O4S. The molecule has 8 nitrogen and oxygen atoms in total. The van der Waals surface area contributed by atoms with Crippen LogP contribution in [0.15, 0.2) is 83.9 Å². The predicted molar refractivity (Wildman–Crippen MR) is 144 cm³/mol. The Hall–Kier alpha value is -3.97. The van der Waals surface area contributed by atoms with E-state index in [-0.39, 0.29) is 27.6 Å². The molecule has 2 N–H and O–H groups in total. The molecular weight excluding hydrogens is 524 g/mol. The number of benzene rings is 3. The highest BCUT2D eigenvalue weighted by molar-refractivity contribution is 7.93. The number of carbonyl (C=O) groups excluding carboxylic acids is 1. The number of piperidine rings is 1. The summed E-state index contributed by atoms with van der Waals surface area (Å²) in [6.07, 6.45) is 2.13. The number of amides is 1. The molecule has 0 radical (unpaired) electrons. The Morgan fingerprint density at radius 3 is 2.53 bits per heavy atom. The molecule has 4 aromatic rings. The topological polar surface area (TPSA) is 123 Å². The van der Waals surface area contributed by atoms with E-state index in [1.807, 2.05) is 12.1 Å². The van der Waals surface area contributed by atoms with E-state index in [9.17, 15) is 23.6 Å². The van der Waals surface area contributed by atoms with Crippen molar-refractivity contribution >= 4 is 44.1 Å². The third kappa shape index (κ3) is 4.82. The number of halogens is 1. The molecule has 0 aliphatic carbocycles. The molecule has 1 aliphatic rings. The zero-order valence-electron chi connectivity index (χ0n) is 20.1. The number of carbonyl (C=O) groups is 1. The largest absolute Gasteiger partial charge is 0.385 e. The van der Waals surface area contributed by atoms with E-state index in [1.54, 1.807) is 47.4 Å². The van der Waals surface area contributed by atoms with E-state index in [0.29, 0.717) is 47.4 Å². The summed E-state index contributed by atoms with van der Waals surface area (Å²) >= 11 is 6.28. The van der Waals surface area contributed by atoms with Crippen molar-refractivity contribution in [2.45, 2.75) is 23.3 Å². The molecule has 0 spiro atoms. The fourth-order valence-corrected chi connectivity index (χ4v) is 6.29. The van der Waals surface area contributed by atoms with Crippen molar-refractivity contribution in [1.29, 1.82) is 5.26 Å². The van der Waals surface area contributed by atoms with Crippen LogP contribution in [0.1, 0.15) is 34.3 Å². The zero-order chi connectivity index (χ0) is 26.9. The van der Waals surface area contributed by atoms with Crippen LogP contribution in [0.4, 0.5) is 5.69 Å². The number of rotatable bonds is 5. The lowest BCUT2D eigenvalue weighted by Crippen LogP contribution is -2.45. The number of hydrogen-bond donors (Lipinski definition) is 2. The lowest BCUT2D eigenvalue weighted by molar-refractivity contribution is -0.0210. The number of nitriles is 1. The second-order valence-electron chi connectivity index (χ2n) is 9.11. The van der Waals surface area contributed by atoms with Crippen LogP contribution in [0, 0.1) is 11.3 Å². The van der Waals surface area contributed by atoms with E-state index in [2.05, 4.69) is 9.71 Å². The maximum Gasteiger partial charge on any atom is 0.264 e. The van der Waals surface area contributed by atoms with Crippen LogP contribution < -0.4 is 4.72 Å². The average molecular weight is 547 g/mol. The SMILES string of the molecule is N#Cc1cc(C(=O)N2CCC(O)(c3ccccc3Cl)CC2)ccc1NS(=O)(=O)c1cccc2cccnc12. The van der Waals surface area contributed by atoms with Crippen molar-refractivity contribution in [3.63, 3.8) is 0 Å². The van der Waals surface area contributed by atoms with Gasteiger partial charge in [-0.2, -0.15) is 5.26 Å². The van der Waals surface area contributed by atoms with Gasteiger partial charge in [0.25, 0.3) is 15.9 Å². The molecule has 5 rings (SSSR count). The summed E-state index contributed by atoms with van der Waals surface area (Å²) in [5.74, 6) is -0.310. The van der Waals surface area contributed by atoms with Gasteiger partial charge in [-0.25, -0.2) is 8.42 Å². The number of nitrogens with one attached hydrogen (secondary N) is 1. The molecule has 38 heavy (non-hydrogen) atoms. The Kier molecular flexibility index (Phi) is 6.80. The number of aromatic nitrogens is 1. The van der Waals surface area contributed by atoms with Crippen molar-refractivity contribution in [3.8, 4) is 6.07 Å². The minimum absolute atomic E-state index is 0.0113. The molecule has 1 aromatic heterocycles. The van der Waals surface area contributed by atoms with Crippen LogP contribution >= 0.6 is 11.6 Å².